The van der Waals surface area contributed by atoms with Gasteiger partial charge in [-0.1, -0.05) is 12.1 Å². The van der Waals surface area contributed by atoms with Crippen molar-refractivity contribution in [2.75, 3.05) is 0 Å². The van der Waals surface area contributed by atoms with Crippen LogP contribution < -0.4 is 0 Å². The van der Waals surface area contributed by atoms with E-state index < -0.39 is 17.8 Å². The molecule has 98 valence electrons. The molecule has 0 saturated carbocycles. The van der Waals surface area contributed by atoms with E-state index in [4.69, 9.17) is 5.11 Å². The highest BCUT2D eigenvalue weighted by molar-refractivity contribution is 5.72. The Balaban J connectivity index is 2.07. The van der Waals surface area contributed by atoms with Gasteiger partial charge in [-0.2, -0.15) is 0 Å². The molecular formula is C13H12FN3O2. The summed E-state index contributed by atoms with van der Waals surface area (Å²) in [5.41, 5.74) is 0.300. The predicted molar refractivity (Wildman–Crippen MR) is 65.0 cm³/mol. The highest BCUT2D eigenvalue weighted by atomic mass is 19.1. The van der Waals surface area contributed by atoms with Gasteiger partial charge in [-0.25, -0.2) is 18.9 Å². The number of carboxylic acids is 1. The molecule has 2 heterocycles. The van der Waals surface area contributed by atoms with Crippen LogP contribution in [0.1, 0.15) is 24.7 Å². The first-order valence-corrected chi connectivity index (χ1v) is 6.10. The maximum Gasteiger partial charge on any atom is 0.328 e. The van der Waals surface area contributed by atoms with Crippen LogP contribution in [0.4, 0.5) is 4.39 Å². The minimum absolute atomic E-state index is 0.251. The van der Waals surface area contributed by atoms with Gasteiger partial charge in [-0.05, 0) is 25.0 Å². The fourth-order valence-corrected chi connectivity index (χ4v) is 2.34. The molecule has 0 fully saturated rings. The molecule has 0 saturated heterocycles. The average molecular weight is 261 g/mol. The average Bonchev–Trinajstić information content (AvgIpc) is 2.82. The van der Waals surface area contributed by atoms with Crippen molar-refractivity contribution in [1.82, 2.24) is 14.8 Å². The second kappa shape index (κ2) is 4.46. The standard InChI is InChI=1S/C13H12FN3O2/c14-9-5-2-1-4-8(9)12-15-11-7-3-6-10(13(18)19)17(11)16-12/h1-2,4-5,10H,3,6-7H2,(H,18,19). The van der Waals surface area contributed by atoms with Crippen LogP contribution in [0, 0.1) is 5.82 Å². The topological polar surface area (TPSA) is 68.0 Å². The molecule has 1 aromatic heterocycles. The van der Waals surface area contributed by atoms with Crippen molar-refractivity contribution in [3.05, 3.63) is 35.9 Å². The smallest absolute Gasteiger partial charge is 0.328 e. The van der Waals surface area contributed by atoms with Crippen LogP contribution in [-0.4, -0.2) is 25.8 Å². The number of hydrogen-bond acceptors (Lipinski definition) is 3. The second-order valence-electron chi connectivity index (χ2n) is 4.52. The minimum Gasteiger partial charge on any atom is -0.480 e. The van der Waals surface area contributed by atoms with E-state index in [-0.39, 0.29) is 5.82 Å². The lowest BCUT2D eigenvalue weighted by Crippen LogP contribution is -2.25. The van der Waals surface area contributed by atoms with E-state index >= 15 is 0 Å². The fourth-order valence-electron chi connectivity index (χ4n) is 2.34. The van der Waals surface area contributed by atoms with Gasteiger partial charge in [0.25, 0.3) is 0 Å². The molecular weight excluding hydrogens is 249 g/mol. The first-order valence-electron chi connectivity index (χ1n) is 6.10. The molecule has 2 aromatic rings. The lowest BCUT2D eigenvalue weighted by atomic mass is 10.1. The Morgan fingerprint density at radius 3 is 2.95 bits per heavy atom. The number of carbonyl (C=O) groups is 1. The van der Waals surface area contributed by atoms with Crippen LogP contribution in [0.25, 0.3) is 11.4 Å². The van der Waals surface area contributed by atoms with Gasteiger partial charge in [0, 0.05) is 6.42 Å². The fraction of sp³-hybridized carbons (Fsp3) is 0.308. The summed E-state index contributed by atoms with van der Waals surface area (Å²) < 4.78 is 15.1. The SMILES string of the molecule is O=C(O)C1CCCc2nc(-c3ccccc3F)nn21. The number of hydrogen-bond donors (Lipinski definition) is 1. The van der Waals surface area contributed by atoms with Crippen molar-refractivity contribution < 1.29 is 14.3 Å². The summed E-state index contributed by atoms with van der Waals surface area (Å²) in [6.45, 7) is 0. The molecule has 0 spiro atoms. The van der Waals surface area contributed by atoms with Gasteiger partial charge in [-0.3, -0.25) is 0 Å². The molecule has 19 heavy (non-hydrogen) atoms. The summed E-state index contributed by atoms with van der Waals surface area (Å²) in [4.78, 5) is 15.4. The van der Waals surface area contributed by atoms with Crippen LogP contribution in [0.2, 0.25) is 0 Å². The van der Waals surface area contributed by atoms with Gasteiger partial charge >= 0.3 is 5.97 Å². The Bertz CT molecular complexity index is 639. The van der Waals surface area contributed by atoms with E-state index in [2.05, 4.69) is 10.1 Å². The van der Waals surface area contributed by atoms with Crippen molar-refractivity contribution in [2.24, 2.45) is 0 Å². The third kappa shape index (κ3) is 1.99. The Morgan fingerprint density at radius 2 is 2.21 bits per heavy atom. The molecule has 0 aliphatic carbocycles. The van der Waals surface area contributed by atoms with Gasteiger partial charge in [0.15, 0.2) is 11.9 Å². The number of benzene rings is 1. The summed E-state index contributed by atoms with van der Waals surface area (Å²) in [5, 5.41) is 13.3. The largest absolute Gasteiger partial charge is 0.480 e. The second-order valence-corrected chi connectivity index (χ2v) is 4.52. The number of rotatable bonds is 2. The molecule has 1 aliphatic heterocycles. The lowest BCUT2D eigenvalue weighted by Gasteiger charge is -2.19. The maximum atomic E-state index is 13.7. The maximum absolute atomic E-state index is 13.7. The number of aromatic nitrogens is 3. The van der Waals surface area contributed by atoms with Crippen LogP contribution in [0.5, 0.6) is 0 Å². The van der Waals surface area contributed by atoms with Crippen LogP contribution in [-0.2, 0) is 11.2 Å². The molecule has 5 nitrogen and oxygen atoms in total. The molecule has 1 N–H and O–H groups in total. The molecule has 1 unspecified atom stereocenters. The molecule has 0 bridgehead atoms. The first kappa shape index (κ1) is 11.8. The molecule has 3 rings (SSSR count). The zero-order valence-corrected chi connectivity index (χ0v) is 10.1. The number of halogens is 1. The van der Waals surface area contributed by atoms with Crippen LogP contribution in [0.3, 0.4) is 0 Å². The summed E-state index contributed by atoms with van der Waals surface area (Å²) in [7, 11) is 0. The number of nitrogens with zero attached hydrogens (tertiary/aromatic N) is 3. The van der Waals surface area contributed by atoms with E-state index in [1.54, 1.807) is 18.2 Å². The van der Waals surface area contributed by atoms with Crippen LogP contribution >= 0.6 is 0 Å². The highest BCUT2D eigenvalue weighted by Crippen LogP contribution is 2.27. The van der Waals surface area contributed by atoms with E-state index in [9.17, 15) is 9.18 Å². The molecule has 1 aromatic carbocycles. The molecule has 0 amide bonds. The van der Waals surface area contributed by atoms with Crippen molar-refractivity contribution in [1.29, 1.82) is 0 Å². The molecule has 0 radical (unpaired) electrons. The lowest BCUT2D eigenvalue weighted by molar-refractivity contribution is -0.141. The first-order chi connectivity index (χ1) is 9.16. The van der Waals surface area contributed by atoms with Gasteiger partial charge in [0.05, 0.1) is 5.56 Å². The van der Waals surface area contributed by atoms with Crippen molar-refractivity contribution in [3.8, 4) is 11.4 Å². The van der Waals surface area contributed by atoms with E-state index in [1.807, 2.05) is 0 Å². The quantitative estimate of drug-likeness (QED) is 0.898. The minimum atomic E-state index is -0.925. The normalized spacial score (nSPS) is 18.1. The van der Waals surface area contributed by atoms with Crippen molar-refractivity contribution >= 4 is 5.97 Å². The van der Waals surface area contributed by atoms with Crippen molar-refractivity contribution in [3.63, 3.8) is 0 Å². The van der Waals surface area contributed by atoms with E-state index in [0.717, 1.165) is 6.42 Å². The summed E-state index contributed by atoms with van der Waals surface area (Å²) in [6, 6.07) is 5.52. The van der Waals surface area contributed by atoms with Crippen molar-refractivity contribution in [2.45, 2.75) is 25.3 Å². The highest BCUT2D eigenvalue weighted by Gasteiger charge is 2.29. The zero-order valence-electron chi connectivity index (χ0n) is 10.1. The van der Waals surface area contributed by atoms with Crippen LogP contribution in [0.15, 0.2) is 24.3 Å². The molecule has 1 aliphatic rings. The summed E-state index contributed by atoms with van der Waals surface area (Å²) >= 11 is 0. The zero-order chi connectivity index (χ0) is 13.4. The summed E-state index contributed by atoms with van der Waals surface area (Å²) in [6.07, 6.45) is 1.96. The molecule has 6 heteroatoms. The van der Waals surface area contributed by atoms with E-state index in [1.165, 1.54) is 10.7 Å². The Kier molecular flexibility index (Phi) is 2.77. The number of aryl methyl sites for hydroxylation is 1. The third-order valence-corrected chi connectivity index (χ3v) is 3.27. The predicted octanol–water partition coefficient (Wildman–Crippen LogP) is 2.05. The van der Waals surface area contributed by atoms with Gasteiger partial charge < -0.3 is 5.11 Å². The molecule has 1 atom stereocenters. The Morgan fingerprint density at radius 1 is 1.42 bits per heavy atom. The van der Waals surface area contributed by atoms with Gasteiger partial charge in [-0.15, -0.1) is 5.10 Å². The third-order valence-electron chi connectivity index (χ3n) is 3.27. The number of aliphatic carboxylic acids is 1. The van der Waals surface area contributed by atoms with Gasteiger partial charge in [0.1, 0.15) is 11.6 Å². The number of fused-ring (bicyclic) bond motifs is 1. The van der Waals surface area contributed by atoms with Gasteiger partial charge in [0.2, 0.25) is 0 Å². The summed E-state index contributed by atoms with van der Waals surface area (Å²) in [5.74, 6) is -0.471. The Labute approximate surface area is 108 Å². The number of carboxylic acid groups (broad SMARTS) is 1. The monoisotopic (exact) mass is 261 g/mol. The van der Waals surface area contributed by atoms with E-state index in [0.29, 0.717) is 24.2 Å². The Hall–Kier alpha value is -2.24.